The fourth-order valence-electron chi connectivity index (χ4n) is 5.31. The molecule has 234 valence electrons. The van der Waals surface area contributed by atoms with Crippen LogP contribution in [0.15, 0.2) is 72.8 Å². The molecule has 0 aliphatic heterocycles. The molecule has 1 aliphatic carbocycles. The number of nitro benzene ring substituents is 1. The largest absolute Gasteiger partial charge is 0.352 e. The van der Waals surface area contributed by atoms with Crippen LogP contribution in [0.1, 0.15) is 43.2 Å². The lowest BCUT2D eigenvalue weighted by Crippen LogP contribution is -2.55. The molecule has 1 atom stereocenters. The highest BCUT2D eigenvalue weighted by molar-refractivity contribution is 7.92. The molecule has 0 spiro atoms. The van der Waals surface area contributed by atoms with E-state index in [1.165, 1.54) is 23.1 Å². The highest BCUT2D eigenvalue weighted by Crippen LogP contribution is 2.27. The number of sulfonamides is 1. The van der Waals surface area contributed by atoms with E-state index in [2.05, 4.69) is 5.32 Å². The summed E-state index contributed by atoms with van der Waals surface area (Å²) in [5.41, 5.74) is 1.01. The van der Waals surface area contributed by atoms with Crippen LogP contribution in [0.2, 0.25) is 10.0 Å². The second-order valence-corrected chi connectivity index (χ2v) is 13.6. The van der Waals surface area contributed by atoms with Crippen LogP contribution in [0.3, 0.4) is 0 Å². The third-order valence-corrected chi connectivity index (χ3v) is 9.45. The second kappa shape index (κ2) is 14.9. The summed E-state index contributed by atoms with van der Waals surface area (Å²) in [6.45, 7) is -0.763. The van der Waals surface area contributed by atoms with Crippen molar-refractivity contribution in [1.29, 1.82) is 0 Å². The minimum atomic E-state index is -4.08. The minimum Gasteiger partial charge on any atom is -0.352 e. The summed E-state index contributed by atoms with van der Waals surface area (Å²) in [5.74, 6) is -1.02. The van der Waals surface area contributed by atoms with Crippen molar-refractivity contribution in [2.75, 3.05) is 17.1 Å². The Kier molecular flexibility index (Phi) is 11.2. The molecule has 3 aromatic rings. The van der Waals surface area contributed by atoms with E-state index >= 15 is 0 Å². The van der Waals surface area contributed by atoms with Gasteiger partial charge >= 0.3 is 0 Å². The number of nitrogens with one attached hydrogen (secondary N) is 1. The summed E-state index contributed by atoms with van der Waals surface area (Å²) < 4.78 is 26.7. The zero-order valence-electron chi connectivity index (χ0n) is 24.2. The molecule has 1 fully saturated rings. The molecule has 1 saturated carbocycles. The quantitative estimate of drug-likeness (QED) is 0.194. The molecule has 1 aliphatic rings. The van der Waals surface area contributed by atoms with Crippen LogP contribution in [0.5, 0.6) is 0 Å². The Morgan fingerprint density at radius 1 is 0.955 bits per heavy atom. The van der Waals surface area contributed by atoms with Gasteiger partial charge in [-0.05, 0) is 42.2 Å². The van der Waals surface area contributed by atoms with Gasteiger partial charge in [-0.2, -0.15) is 0 Å². The molecule has 4 rings (SSSR count). The van der Waals surface area contributed by atoms with E-state index in [1.807, 2.05) is 30.3 Å². The number of anilines is 1. The Bertz CT molecular complexity index is 1600. The standard InChI is InChI=1S/C31H34Cl2N4O6S/c1-44(42,43)36(25-13-8-14-26(19-25)37(40)41)21-30(38)35(20-23-15-16-27(32)28(33)17-23)29(18-22-9-4-2-5-10-22)31(39)34-24-11-6-3-7-12-24/h2,4-5,8-10,13-17,19,24,29H,3,6-7,11-12,18,20-21H2,1H3,(H,34,39)/t29-/m1/s1. The molecule has 0 heterocycles. The predicted molar refractivity (Wildman–Crippen MR) is 171 cm³/mol. The van der Waals surface area contributed by atoms with E-state index in [9.17, 15) is 28.1 Å². The SMILES string of the molecule is CS(=O)(=O)N(CC(=O)N(Cc1ccc(Cl)c(Cl)c1)[C@H](Cc1ccccc1)C(=O)NC1CCCCC1)c1cccc([N+](=O)[O-])c1. The van der Waals surface area contributed by atoms with Crippen molar-refractivity contribution >= 4 is 56.4 Å². The zero-order valence-corrected chi connectivity index (χ0v) is 26.5. The monoisotopic (exact) mass is 660 g/mol. The van der Waals surface area contributed by atoms with Crippen molar-refractivity contribution in [1.82, 2.24) is 10.2 Å². The lowest BCUT2D eigenvalue weighted by Gasteiger charge is -2.35. The van der Waals surface area contributed by atoms with Crippen molar-refractivity contribution in [2.45, 2.75) is 57.2 Å². The van der Waals surface area contributed by atoms with Crippen molar-refractivity contribution in [3.8, 4) is 0 Å². The van der Waals surface area contributed by atoms with Gasteiger partial charge in [-0.25, -0.2) is 8.42 Å². The molecule has 44 heavy (non-hydrogen) atoms. The highest BCUT2D eigenvalue weighted by Gasteiger charge is 2.34. The van der Waals surface area contributed by atoms with Gasteiger partial charge in [-0.1, -0.05) is 84.9 Å². The van der Waals surface area contributed by atoms with Crippen molar-refractivity contribution in [3.05, 3.63) is 104 Å². The van der Waals surface area contributed by atoms with Crippen LogP contribution in [-0.4, -0.2) is 54.9 Å². The molecular formula is C31H34Cl2N4O6S. The van der Waals surface area contributed by atoms with Gasteiger partial charge < -0.3 is 10.2 Å². The molecule has 0 radical (unpaired) electrons. The Balaban J connectivity index is 1.75. The first-order chi connectivity index (χ1) is 20.9. The Morgan fingerprint density at radius 2 is 1.66 bits per heavy atom. The highest BCUT2D eigenvalue weighted by atomic mass is 35.5. The van der Waals surface area contributed by atoms with Gasteiger partial charge in [-0.3, -0.25) is 24.0 Å². The van der Waals surface area contributed by atoms with Crippen LogP contribution < -0.4 is 9.62 Å². The topological polar surface area (TPSA) is 130 Å². The smallest absolute Gasteiger partial charge is 0.271 e. The molecular weight excluding hydrogens is 627 g/mol. The first kappa shape index (κ1) is 33.2. The van der Waals surface area contributed by atoms with Gasteiger partial charge in [0, 0.05) is 31.1 Å². The van der Waals surface area contributed by atoms with Gasteiger partial charge in [0.2, 0.25) is 21.8 Å². The van der Waals surface area contributed by atoms with E-state index in [0.717, 1.165) is 54.3 Å². The number of amides is 2. The third kappa shape index (κ3) is 8.93. The molecule has 13 heteroatoms. The number of halogens is 2. The van der Waals surface area contributed by atoms with Gasteiger partial charge in [0.1, 0.15) is 12.6 Å². The molecule has 0 saturated heterocycles. The summed E-state index contributed by atoms with van der Waals surface area (Å²) in [7, 11) is -4.08. The van der Waals surface area contributed by atoms with Crippen molar-refractivity contribution < 1.29 is 22.9 Å². The molecule has 10 nitrogen and oxygen atoms in total. The molecule has 0 aromatic heterocycles. The zero-order chi connectivity index (χ0) is 31.9. The maximum atomic E-state index is 14.2. The summed E-state index contributed by atoms with van der Waals surface area (Å²) >= 11 is 12.4. The maximum absolute atomic E-state index is 14.2. The van der Waals surface area contributed by atoms with Gasteiger partial charge in [0.25, 0.3) is 5.69 Å². The number of nitro groups is 1. The molecule has 3 aromatic carbocycles. The van der Waals surface area contributed by atoms with Crippen LogP contribution in [0.25, 0.3) is 0 Å². The molecule has 1 N–H and O–H groups in total. The Labute approximate surface area is 267 Å². The summed E-state index contributed by atoms with van der Waals surface area (Å²) in [5, 5.41) is 15.1. The first-order valence-corrected chi connectivity index (χ1v) is 16.8. The van der Waals surface area contributed by atoms with Crippen LogP contribution in [0, 0.1) is 10.1 Å². The molecule has 0 unspecified atom stereocenters. The van der Waals surface area contributed by atoms with E-state index in [4.69, 9.17) is 23.2 Å². The predicted octanol–water partition coefficient (Wildman–Crippen LogP) is 5.76. The average Bonchev–Trinajstić information content (AvgIpc) is 2.99. The van der Waals surface area contributed by atoms with Crippen LogP contribution >= 0.6 is 23.2 Å². The average molecular weight is 662 g/mol. The van der Waals surface area contributed by atoms with Crippen LogP contribution in [0.4, 0.5) is 11.4 Å². The van der Waals surface area contributed by atoms with Gasteiger partial charge in [0.05, 0.1) is 26.9 Å². The van der Waals surface area contributed by atoms with Crippen LogP contribution in [-0.2, 0) is 32.6 Å². The summed E-state index contributed by atoms with van der Waals surface area (Å²) in [4.78, 5) is 40.3. The fraction of sp³-hybridized carbons (Fsp3) is 0.355. The minimum absolute atomic E-state index is 0.0335. The number of hydrogen-bond donors (Lipinski definition) is 1. The number of carbonyl (C=O) groups is 2. The summed E-state index contributed by atoms with van der Waals surface area (Å²) in [6.07, 6.45) is 5.83. The van der Waals surface area contributed by atoms with E-state index in [1.54, 1.807) is 18.2 Å². The molecule has 0 bridgehead atoms. The van der Waals surface area contributed by atoms with E-state index in [0.29, 0.717) is 10.6 Å². The first-order valence-electron chi connectivity index (χ1n) is 14.2. The lowest BCUT2D eigenvalue weighted by molar-refractivity contribution is -0.384. The number of rotatable bonds is 12. The van der Waals surface area contributed by atoms with E-state index in [-0.39, 0.29) is 41.3 Å². The number of non-ortho nitro benzene ring substituents is 1. The molecule has 2 amide bonds. The van der Waals surface area contributed by atoms with Crippen molar-refractivity contribution in [2.24, 2.45) is 0 Å². The summed E-state index contributed by atoms with van der Waals surface area (Å²) in [6, 6.07) is 18.1. The number of hydrogen-bond acceptors (Lipinski definition) is 6. The fourth-order valence-corrected chi connectivity index (χ4v) is 6.47. The van der Waals surface area contributed by atoms with Crippen molar-refractivity contribution in [3.63, 3.8) is 0 Å². The third-order valence-electron chi connectivity index (χ3n) is 7.57. The van der Waals surface area contributed by atoms with E-state index < -0.39 is 33.4 Å². The Hall–Kier alpha value is -3.67. The maximum Gasteiger partial charge on any atom is 0.271 e. The van der Waals surface area contributed by atoms with Gasteiger partial charge in [0.15, 0.2) is 0 Å². The number of carbonyl (C=O) groups excluding carboxylic acids is 2. The normalized spacial score (nSPS) is 14.4. The number of benzene rings is 3. The number of nitrogens with zero attached hydrogens (tertiary/aromatic N) is 3. The Morgan fingerprint density at radius 3 is 2.30 bits per heavy atom. The second-order valence-electron chi connectivity index (χ2n) is 10.9. The lowest BCUT2D eigenvalue weighted by atomic mass is 9.94. The van der Waals surface area contributed by atoms with Gasteiger partial charge in [-0.15, -0.1) is 0 Å².